The van der Waals surface area contributed by atoms with Crippen LogP contribution < -0.4 is 10.6 Å². The zero-order valence-corrected chi connectivity index (χ0v) is 14.1. The number of amides is 2. The maximum atomic E-state index is 12.3. The van der Waals surface area contributed by atoms with Crippen LogP contribution >= 0.6 is 15.9 Å². The highest BCUT2D eigenvalue weighted by Gasteiger charge is 2.36. The molecule has 110 valence electrons. The highest BCUT2D eigenvalue weighted by molar-refractivity contribution is 9.10. The molecule has 0 fully saturated rings. The quantitative estimate of drug-likeness (QED) is 0.826. The van der Waals surface area contributed by atoms with Crippen molar-refractivity contribution in [2.45, 2.75) is 40.7 Å². The molecule has 0 radical (unpaired) electrons. The third-order valence-electron chi connectivity index (χ3n) is 2.98. The van der Waals surface area contributed by atoms with Crippen molar-refractivity contribution in [1.82, 2.24) is 5.32 Å². The Hall–Kier alpha value is -1.36. The molecule has 2 N–H and O–H groups in total. The van der Waals surface area contributed by atoms with Gasteiger partial charge in [-0.3, -0.25) is 9.59 Å². The van der Waals surface area contributed by atoms with E-state index in [0.717, 1.165) is 10.0 Å². The van der Waals surface area contributed by atoms with Gasteiger partial charge in [0.15, 0.2) is 0 Å². The molecule has 0 saturated carbocycles. The van der Waals surface area contributed by atoms with Crippen LogP contribution in [0.25, 0.3) is 0 Å². The van der Waals surface area contributed by atoms with Crippen LogP contribution in [-0.4, -0.2) is 17.9 Å². The van der Waals surface area contributed by atoms with Crippen LogP contribution in [-0.2, 0) is 9.59 Å². The third kappa shape index (κ3) is 4.07. The lowest BCUT2D eigenvalue weighted by atomic mass is 9.90. The number of anilines is 1. The second kappa shape index (κ2) is 6.39. The molecular formula is C15H21BrN2O2. The molecule has 0 saturated heterocycles. The van der Waals surface area contributed by atoms with Crippen LogP contribution in [0, 0.1) is 12.3 Å². The molecule has 0 aromatic heterocycles. The van der Waals surface area contributed by atoms with Crippen molar-refractivity contribution in [3.05, 3.63) is 28.2 Å². The van der Waals surface area contributed by atoms with Crippen molar-refractivity contribution >= 4 is 33.4 Å². The van der Waals surface area contributed by atoms with Gasteiger partial charge in [-0.15, -0.1) is 0 Å². The lowest BCUT2D eigenvalue weighted by molar-refractivity contribution is -0.138. The lowest BCUT2D eigenvalue weighted by Gasteiger charge is -2.24. The largest absolute Gasteiger partial charge is 0.353 e. The Morgan fingerprint density at radius 2 is 1.80 bits per heavy atom. The first-order chi connectivity index (χ1) is 9.14. The van der Waals surface area contributed by atoms with Gasteiger partial charge in [-0.2, -0.15) is 0 Å². The normalized spacial score (nSPS) is 11.3. The van der Waals surface area contributed by atoms with Gasteiger partial charge in [-0.25, -0.2) is 0 Å². The number of halogens is 1. The predicted octanol–water partition coefficient (Wildman–Crippen LogP) is 3.25. The molecule has 0 spiro atoms. The second-order valence-electron chi connectivity index (χ2n) is 5.67. The molecule has 0 heterocycles. The maximum Gasteiger partial charge on any atom is 0.239 e. The Morgan fingerprint density at radius 3 is 2.30 bits per heavy atom. The fourth-order valence-electron chi connectivity index (χ4n) is 1.50. The fourth-order valence-corrected chi connectivity index (χ4v) is 1.88. The van der Waals surface area contributed by atoms with E-state index in [9.17, 15) is 9.59 Å². The van der Waals surface area contributed by atoms with E-state index < -0.39 is 5.41 Å². The van der Waals surface area contributed by atoms with Crippen molar-refractivity contribution in [1.29, 1.82) is 0 Å². The van der Waals surface area contributed by atoms with Crippen molar-refractivity contribution in [3.63, 3.8) is 0 Å². The highest BCUT2D eigenvalue weighted by Crippen LogP contribution is 2.23. The summed E-state index contributed by atoms with van der Waals surface area (Å²) in [6.07, 6.45) is 0. The summed E-state index contributed by atoms with van der Waals surface area (Å²) >= 11 is 3.42. The summed E-state index contributed by atoms with van der Waals surface area (Å²) in [6, 6.07) is 5.54. The standard InChI is InChI=1S/C15H21BrN2O2/c1-9(2)17-13(19)15(4,5)14(20)18-11-7-6-10(3)12(16)8-11/h6-9H,1-5H3,(H,17,19)(H,18,20). The number of benzene rings is 1. The molecule has 0 bridgehead atoms. The van der Waals surface area contributed by atoms with Gasteiger partial charge in [0.05, 0.1) is 0 Å². The Morgan fingerprint density at radius 1 is 1.20 bits per heavy atom. The topological polar surface area (TPSA) is 58.2 Å². The highest BCUT2D eigenvalue weighted by atomic mass is 79.9. The van der Waals surface area contributed by atoms with Gasteiger partial charge < -0.3 is 10.6 Å². The number of carbonyl (C=O) groups excluding carboxylic acids is 2. The van der Waals surface area contributed by atoms with Crippen LogP contribution in [0.4, 0.5) is 5.69 Å². The molecule has 0 aliphatic rings. The molecule has 0 atom stereocenters. The van der Waals surface area contributed by atoms with Crippen LogP contribution in [0.15, 0.2) is 22.7 Å². The average molecular weight is 341 g/mol. The van der Waals surface area contributed by atoms with Crippen molar-refractivity contribution in [2.24, 2.45) is 5.41 Å². The van der Waals surface area contributed by atoms with Gasteiger partial charge >= 0.3 is 0 Å². The summed E-state index contributed by atoms with van der Waals surface area (Å²) in [5, 5.41) is 5.54. The first-order valence-corrected chi connectivity index (χ1v) is 7.32. The molecule has 1 aromatic rings. The minimum atomic E-state index is -1.12. The van der Waals surface area contributed by atoms with E-state index in [1.165, 1.54) is 0 Å². The SMILES string of the molecule is Cc1ccc(NC(=O)C(C)(C)C(=O)NC(C)C)cc1Br. The van der Waals surface area contributed by atoms with Gasteiger partial charge in [0.25, 0.3) is 0 Å². The van der Waals surface area contributed by atoms with E-state index >= 15 is 0 Å². The van der Waals surface area contributed by atoms with E-state index in [-0.39, 0.29) is 17.9 Å². The van der Waals surface area contributed by atoms with Crippen LogP contribution in [0.2, 0.25) is 0 Å². The fraction of sp³-hybridized carbons (Fsp3) is 0.467. The van der Waals surface area contributed by atoms with Gasteiger partial charge in [0.2, 0.25) is 11.8 Å². The zero-order chi connectivity index (χ0) is 15.5. The van der Waals surface area contributed by atoms with Crippen molar-refractivity contribution in [2.75, 3.05) is 5.32 Å². The summed E-state index contributed by atoms with van der Waals surface area (Å²) < 4.78 is 0.916. The zero-order valence-electron chi connectivity index (χ0n) is 12.5. The second-order valence-corrected chi connectivity index (χ2v) is 6.53. The monoisotopic (exact) mass is 340 g/mol. The van der Waals surface area contributed by atoms with Gasteiger partial charge in [-0.1, -0.05) is 22.0 Å². The number of carbonyl (C=O) groups is 2. The Kier molecular flexibility index (Phi) is 5.34. The Balaban J connectivity index is 2.83. The summed E-state index contributed by atoms with van der Waals surface area (Å²) in [4.78, 5) is 24.3. The molecule has 5 heteroatoms. The van der Waals surface area contributed by atoms with Crippen LogP contribution in [0.3, 0.4) is 0 Å². The molecular weight excluding hydrogens is 320 g/mol. The minimum absolute atomic E-state index is 0.00287. The average Bonchev–Trinajstić information content (AvgIpc) is 2.32. The number of hydrogen-bond donors (Lipinski definition) is 2. The smallest absolute Gasteiger partial charge is 0.239 e. The maximum absolute atomic E-state index is 12.3. The van der Waals surface area contributed by atoms with E-state index in [0.29, 0.717) is 5.69 Å². The van der Waals surface area contributed by atoms with E-state index in [1.54, 1.807) is 13.8 Å². The number of nitrogens with one attached hydrogen (secondary N) is 2. The third-order valence-corrected chi connectivity index (χ3v) is 3.84. The first kappa shape index (κ1) is 16.7. The van der Waals surface area contributed by atoms with Crippen LogP contribution in [0.1, 0.15) is 33.3 Å². The molecule has 0 aliphatic heterocycles. The van der Waals surface area contributed by atoms with Gasteiger partial charge in [0.1, 0.15) is 5.41 Å². The summed E-state index contributed by atoms with van der Waals surface area (Å²) in [7, 11) is 0. The summed E-state index contributed by atoms with van der Waals surface area (Å²) in [5.74, 6) is -0.609. The number of hydrogen-bond acceptors (Lipinski definition) is 2. The Labute approximate surface area is 128 Å². The van der Waals surface area contributed by atoms with Crippen molar-refractivity contribution < 1.29 is 9.59 Å². The molecule has 1 rings (SSSR count). The van der Waals surface area contributed by atoms with Crippen LogP contribution in [0.5, 0.6) is 0 Å². The van der Waals surface area contributed by atoms with E-state index in [1.807, 2.05) is 39.0 Å². The molecule has 20 heavy (non-hydrogen) atoms. The van der Waals surface area contributed by atoms with E-state index in [2.05, 4.69) is 26.6 Å². The van der Waals surface area contributed by atoms with Gasteiger partial charge in [0, 0.05) is 16.2 Å². The molecule has 0 aliphatic carbocycles. The van der Waals surface area contributed by atoms with E-state index in [4.69, 9.17) is 0 Å². The molecule has 4 nitrogen and oxygen atoms in total. The number of rotatable bonds is 4. The predicted molar refractivity (Wildman–Crippen MR) is 84.6 cm³/mol. The lowest BCUT2D eigenvalue weighted by Crippen LogP contribution is -2.47. The molecule has 1 aromatic carbocycles. The summed E-state index contributed by atoms with van der Waals surface area (Å²) in [5.41, 5.74) is 0.624. The number of aryl methyl sites for hydroxylation is 1. The molecule has 2 amide bonds. The van der Waals surface area contributed by atoms with Crippen molar-refractivity contribution in [3.8, 4) is 0 Å². The first-order valence-electron chi connectivity index (χ1n) is 6.53. The Bertz CT molecular complexity index is 525. The van der Waals surface area contributed by atoms with Gasteiger partial charge in [-0.05, 0) is 52.3 Å². The summed E-state index contributed by atoms with van der Waals surface area (Å²) in [6.45, 7) is 8.92. The molecule has 0 unspecified atom stereocenters. The minimum Gasteiger partial charge on any atom is -0.353 e.